The highest BCUT2D eigenvalue weighted by Crippen LogP contribution is 2.36. The van der Waals surface area contributed by atoms with Crippen molar-refractivity contribution in [3.8, 4) is 0 Å². The number of benzene rings is 1. The van der Waals surface area contributed by atoms with Gasteiger partial charge in [0.1, 0.15) is 5.54 Å². The number of primary amides is 1. The number of rotatable bonds is 4. The molecule has 3 N–H and O–H groups in total. The summed E-state index contributed by atoms with van der Waals surface area (Å²) in [6.07, 6.45) is 0.797. The van der Waals surface area contributed by atoms with Crippen molar-refractivity contribution < 1.29 is 13.2 Å². The first kappa shape index (κ1) is 13.6. The molecule has 0 aromatic heterocycles. The summed E-state index contributed by atoms with van der Waals surface area (Å²) in [6, 6.07) is 3.93. The van der Waals surface area contributed by atoms with Gasteiger partial charge in [-0.1, -0.05) is 23.2 Å². The smallest absolute Gasteiger partial charge is 0.241 e. The fourth-order valence-electron chi connectivity index (χ4n) is 1.52. The summed E-state index contributed by atoms with van der Waals surface area (Å²) in [6.45, 7) is 0. The fraction of sp³-hybridized carbons (Fsp3) is 0.300. The molecule has 0 heterocycles. The Morgan fingerprint density at radius 1 is 1.22 bits per heavy atom. The fourth-order valence-corrected chi connectivity index (χ4v) is 3.68. The van der Waals surface area contributed by atoms with Crippen LogP contribution in [0.15, 0.2) is 23.1 Å². The van der Waals surface area contributed by atoms with E-state index in [9.17, 15) is 13.2 Å². The molecule has 0 aliphatic heterocycles. The molecule has 1 aliphatic rings. The minimum atomic E-state index is -3.87. The maximum atomic E-state index is 12.1. The molecular formula is C10H10Cl2N2O3S. The van der Waals surface area contributed by atoms with Crippen LogP contribution in [0.4, 0.5) is 0 Å². The molecule has 1 amide bonds. The van der Waals surface area contributed by atoms with Crippen molar-refractivity contribution in [1.29, 1.82) is 0 Å². The van der Waals surface area contributed by atoms with E-state index in [1.165, 1.54) is 18.2 Å². The predicted molar refractivity (Wildman–Crippen MR) is 67.9 cm³/mol. The highest BCUT2D eigenvalue weighted by Gasteiger charge is 2.51. The van der Waals surface area contributed by atoms with Crippen LogP contribution in [0.5, 0.6) is 0 Å². The van der Waals surface area contributed by atoms with Crippen LogP contribution < -0.4 is 10.5 Å². The average Bonchev–Trinajstić information content (AvgIpc) is 2.96. The Morgan fingerprint density at radius 2 is 1.72 bits per heavy atom. The van der Waals surface area contributed by atoms with E-state index < -0.39 is 21.5 Å². The lowest BCUT2D eigenvalue weighted by Crippen LogP contribution is -2.46. The lowest BCUT2D eigenvalue weighted by atomic mass is 10.3. The Hall–Kier alpha value is -0.820. The Bertz CT molecular complexity index is 591. The van der Waals surface area contributed by atoms with E-state index in [2.05, 4.69) is 4.72 Å². The summed E-state index contributed by atoms with van der Waals surface area (Å²) in [5.74, 6) is -0.681. The summed E-state index contributed by atoms with van der Waals surface area (Å²) in [4.78, 5) is 11.1. The molecule has 0 radical (unpaired) electrons. The zero-order valence-electron chi connectivity index (χ0n) is 9.11. The number of hydrogen-bond donors (Lipinski definition) is 2. The van der Waals surface area contributed by atoms with Gasteiger partial charge in [0.25, 0.3) is 0 Å². The first-order valence-electron chi connectivity index (χ1n) is 5.05. The highest BCUT2D eigenvalue weighted by molar-refractivity contribution is 7.89. The Balaban J connectivity index is 2.34. The molecule has 98 valence electrons. The van der Waals surface area contributed by atoms with Gasteiger partial charge in [0.05, 0.1) is 4.90 Å². The van der Waals surface area contributed by atoms with Crippen LogP contribution in [0.3, 0.4) is 0 Å². The van der Waals surface area contributed by atoms with Crippen molar-refractivity contribution in [2.45, 2.75) is 23.3 Å². The van der Waals surface area contributed by atoms with Crippen LogP contribution in [0.1, 0.15) is 12.8 Å². The zero-order chi connectivity index (χ0) is 13.6. The van der Waals surface area contributed by atoms with Crippen molar-refractivity contribution in [2.24, 2.45) is 5.73 Å². The van der Waals surface area contributed by atoms with Gasteiger partial charge in [-0.3, -0.25) is 4.79 Å². The van der Waals surface area contributed by atoms with E-state index >= 15 is 0 Å². The largest absolute Gasteiger partial charge is 0.368 e. The molecule has 1 aromatic rings. The van der Waals surface area contributed by atoms with Crippen LogP contribution in [0.25, 0.3) is 0 Å². The van der Waals surface area contributed by atoms with Crippen LogP contribution in [0.2, 0.25) is 10.0 Å². The van der Waals surface area contributed by atoms with Gasteiger partial charge in [-0.2, -0.15) is 4.72 Å². The maximum absolute atomic E-state index is 12.1. The molecule has 0 unspecified atom stereocenters. The van der Waals surface area contributed by atoms with Crippen LogP contribution in [-0.2, 0) is 14.8 Å². The van der Waals surface area contributed by atoms with E-state index in [-0.39, 0.29) is 14.9 Å². The van der Waals surface area contributed by atoms with E-state index in [1.807, 2.05) is 0 Å². The van der Waals surface area contributed by atoms with Crippen molar-refractivity contribution >= 4 is 39.1 Å². The topological polar surface area (TPSA) is 89.3 Å². The normalized spacial score (nSPS) is 17.4. The molecule has 1 saturated carbocycles. The molecule has 0 spiro atoms. The van der Waals surface area contributed by atoms with E-state index in [0.717, 1.165) is 0 Å². The molecular weight excluding hydrogens is 299 g/mol. The minimum absolute atomic E-state index is 0.0903. The molecule has 1 aromatic carbocycles. The second-order valence-corrected chi connectivity index (χ2v) is 6.71. The van der Waals surface area contributed by atoms with Gasteiger partial charge >= 0.3 is 0 Å². The maximum Gasteiger partial charge on any atom is 0.241 e. The van der Waals surface area contributed by atoms with Crippen molar-refractivity contribution in [1.82, 2.24) is 4.72 Å². The summed E-state index contributed by atoms with van der Waals surface area (Å²) < 4.78 is 26.4. The number of carbonyl (C=O) groups excluding carboxylic acids is 1. The molecule has 1 aliphatic carbocycles. The van der Waals surface area contributed by atoms with Crippen molar-refractivity contribution in [3.63, 3.8) is 0 Å². The average molecular weight is 309 g/mol. The molecule has 0 atom stereocenters. The van der Waals surface area contributed by atoms with Gasteiger partial charge in [0.2, 0.25) is 15.9 Å². The van der Waals surface area contributed by atoms with Crippen LogP contribution >= 0.6 is 23.2 Å². The SMILES string of the molecule is NC(=O)C1(NS(=O)(=O)c2cc(Cl)cc(Cl)c2)CC1. The van der Waals surface area contributed by atoms with Gasteiger partial charge in [-0.15, -0.1) is 0 Å². The predicted octanol–water partition coefficient (Wildman–Crippen LogP) is 1.29. The molecule has 18 heavy (non-hydrogen) atoms. The van der Waals surface area contributed by atoms with E-state index in [0.29, 0.717) is 12.8 Å². The molecule has 1 fully saturated rings. The number of halogens is 2. The number of nitrogens with two attached hydrogens (primary N) is 1. The third kappa shape index (κ3) is 2.61. The first-order valence-corrected chi connectivity index (χ1v) is 7.29. The third-order valence-corrected chi connectivity index (χ3v) is 4.65. The second-order valence-electron chi connectivity index (χ2n) is 4.16. The van der Waals surface area contributed by atoms with Gasteiger partial charge in [0, 0.05) is 10.0 Å². The Labute approximate surface area is 114 Å². The highest BCUT2D eigenvalue weighted by atomic mass is 35.5. The Kier molecular flexibility index (Phi) is 3.31. The van der Waals surface area contributed by atoms with Crippen LogP contribution in [-0.4, -0.2) is 19.9 Å². The standard InChI is InChI=1S/C10H10Cl2N2O3S/c11-6-3-7(12)5-8(4-6)18(16,17)14-10(1-2-10)9(13)15/h3-5,14H,1-2H2,(H2,13,15). The summed E-state index contributed by atoms with van der Waals surface area (Å²) in [5.41, 5.74) is 4.00. The van der Waals surface area contributed by atoms with E-state index in [4.69, 9.17) is 28.9 Å². The summed E-state index contributed by atoms with van der Waals surface area (Å²) >= 11 is 11.5. The number of carbonyl (C=O) groups is 1. The number of nitrogens with one attached hydrogen (secondary N) is 1. The van der Waals surface area contributed by atoms with Crippen molar-refractivity contribution in [2.75, 3.05) is 0 Å². The summed E-state index contributed by atoms with van der Waals surface area (Å²) in [7, 11) is -3.87. The first-order chi connectivity index (χ1) is 8.25. The van der Waals surface area contributed by atoms with Crippen molar-refractivity contribution in [3.05, 3.63) is 28.2 Å². The zero-order valence-corrected chi connectivity index (χ0v) is 11.4. The summed E-state index contributed by atoms with van der Waals surface area (Å²) in [5, 5.41) is 0.401. The molecule has 0 saturated heterocycles. The van der Waals surface area contributed by atoms with E-state index in [1.54, 1.807) is 0 Å². The molecule has 2 rings (SSSR count). The quantitative estimate of drug-likeness (QED) is 0.878. The number of amides is 1. The van der Waals surface area contributed by atoms with Gasteiger partial charge in [0.15, 0.2) is 0 Å². The minimum Gasteiger partial charge on any atom is -0.368 e. The lowest BCUT2D eigenvalue weighted by Gasteiger charge is -2.14. The van der Waals surface area contributed by atoms with Crippen LogP contribution in [0, 0.1) is 0 Å². The third-order valence-electron chi connectivity index (χ3n) is 2.70. The van der Waals surface area contributed by atoms with Gasteiger partial charge in [-0.25, -0.2) is 8.42 Å². The van der Waals surface area contributed by atoms with Gasteiger partial charge < -0.3 is 5.73 Å². The Morgan fingerprint density at radius 3 is 2.11 bits per heavy atom. The molecule has 5 nitrogen and oxygen atoms in total. The van der Waals surface area contributed by atoms with Gasteiger partial charge in [-0.05, 0) is 31.0 Å². The lowest BCUT2D eigenvalue weighted by molar-refractivity contribution is -0.120. The molecule has 0 bridgehead atoms. The molecule has 8 heteroatoms. The monoisotopic (exact) mass is 308 g/mol. The number of sulfonamides is 1. The second kappa shape index (κ2) is 4.38. The number of hydrogen-bond acceptors (Lipinski definition) is 3.